The molecule has 0 heterocycles. The zero-order valence-corrected chi connectivity index (χ0v) is 14.1. The Labute approximate surface area is 133 Å². The lowest BCUT2D eigenvalue weighted by molar-refractivity contribution is 0.0523. The first-order valence-electron chi connectivity index (χ1n) is 8.15. The zero-order valence-electron chi connectivity index (χ0n) is 14.1. The van der Waals surface area contributed by atoms with Gasteiger partial charge in [0.2, 0.25) is 0 Å². The molecule has 1 fully saturated rings. The Hall–Kier alpha value is -1.71. The van der Waals surface area contributed by atoms with Gasteiger partial charge in [-0.1, -0.05) is 25.1 Å². The van der Waals surface area contributed by atoms with Crippen LogP contribution >= 0.6 is 0 Å². The van der Waals surface area contributed by atoms with Crippen molar-refractivity contribution in [2.24, 2.45) is 5.92 Å². The number of carbonyl (C=O) groups excluding carboxylic acids is 1. The van der Waals surface area contributed by atoms with Gasteiger partial charge >= 0.3 is 6.09 Å². The fraction of sp³-hybridized carbons (Fsp3) is 0.611. The lowest BCUT2D eigenvalue weighted by atomic mass is 10.1. The number of hydrogen-bond acceptors (Lipinski definition) is 3. The maximum atomic E-state index is 11.8. The Morgan fingerprint density at radius 3 is 2.64 bits per heavy atom. The molecule has 1 amide bonds. The smallest absolute Gasteiger partial charge is 0.407 e. The van der Waals surface area contributed by atoms with Crippen LogP contribution in [0.1, 0.15) is 52.5 Å². The Morgan fingerprint density at radius 1 is 1.27 bits per heavy atom. The first kappa shape index (κ1) is 16.7. The highest BCUT2D eigenvalue weighted by atomic mass is 16.6. The summed E-state index contributed by atoms with van der Waals surface area (Å²) < 4.78 is 5.28. The monoisotopic (exact) mass is 304 g/mol. The van der Waals surface area contributed by atoms with Gasteiger partial charge in [0.1, 0.15) is 5.60 Å². The SMILES string of the molecule is CC1CCC(Nc2ccccc2CNC(=O)OC(C)(C)C)C1. The lowest BCUT2D eigenvalue weighted by Crippen LogP contribution is -2.32. The third kappa shape index (κ3) is 5.24. The first-order valence-corrected chi connectivity index (χ1v) is 8.15. The minimum absolute atomic E-state index is 0.378. The fourth-order valence-electron chi connectivity index (χ4n) is 2.85. The van der Waals surface area contributed by atoms with E-state index in [4.69, 9.17) is 4.74 Å². The van der Waals surface area contributed by atoms with Gasteiger partial charge in [-0.05, 0) is 57.6 Å². The normalized spacial score (nSPS) is 21.5. The van der Waals surface area contributed by atoms with Crippen LogP contribution in [0.3, 0.4) is 0 Å². The van der Waals surface area contributed by atoms with Crippen LogP contribution in [0, 0.1) is 5.92 Å². The largest absolute Gasteiger partial charge is 0.444 e. The van der Waals surface area contributed by atoms with Crippen molar-refractivity contribution in [1.29, 1.82) is 0 Å². The number of benzene rings is 1. The van der Waals surface area contributed by atoms with Crippen molar-refractivity contribution in [2.45, 2.75) is 65.1 Å². The quantitative estimate of drug-likeness (QED) is 0.871. The van der Waals surface area contributed by atoms with E-state index in [0.29, 0.717) is 12.6 Å². The van der Waals surface area contributed by atoms with Gasteiger partial charge in [0, 0.05) is 18.3 Å². The van der Waals surface area contributed by atoms with E-state index in [9.17, 15) is 4.79 Å². The number of hydrogen-bond donors (Lipinski definition) is 2. The minimum Gasteiger partial charge on any atom is -0.444 e. The van der Waals surface area contributed by atoms with Gasteiger partial charge in [0.25, 0.3) is 0 Å². The minimum atomic E-state index is -0.470. The molecule has 4 heteroatoms. The summed E-state index contributed by atoms with van der Waals surface area (Å²) in [6.07, 6.45) is 3.34. The number of amides is 1. The number of carbonyl (C=O) groups is 1. The molecule has 0 saturated heterocycles. The van der Waals surface area contributed by atoms with Crippen molar-refractivity contribution in [1.82, 2.24) is 5.32 Å². The van der Waals surface area contributed by atoms with Gasteiger partial charge < -0.3 is 15.4 Å². The number of para-hydroxylation sites is 1. The lowest BCUT2D eigenvalue weighted by Gasteiger charge is -2.21. The average molecular weight is 304 g/mol. The topological polar surface area (TPSA) is 50.4 Å². The molecule has 0 radical (unpaired) electrons. The van der Waals surface area contributed by atoms with Crippen LogP contribution in [-0.4, -0.2) is 17.7 Å². The molecule has 122 valence electrons. The van der Waals surface area contributed by atoms with Crippen molar-refractivity contribution in [3.05, 3.63) is 29.8 Å². The molecule has 1 aromatic carbocycles. The second-order valence-corrected chi connectivity index (χ2v) is 7.27. The molecule has 0 aromatic heterocycles. The van der Waals surface area contributed by atoms with Crippen LogP contribution in [0.2, 0.25) is 0 Å². The highest BCUT2D eigenvalue weighted by Crippen LogP contribution is 2.28. The standard InChI is InChI=1S/C18H28N2O2/c1-13-9-10-15(11-13)20-16-8-6-5-7-14(16)12-19-17(21)22-18(2,3)4/h5-8,13,15,20H,9-12H2,1-4H3,(H,19,21). The Morgan fingerprint density at radius 2 is 2.00 bits per heavy atom. The van der Waals surface area contributed by atoms with Gasteiger partial charge in [-0.3, -0.25) is 0 Å². The third-order valence-electron chi connectivity index (χ3n) is 3.89. The van der Waals surface area contributed by atoms with Crippen LogP contribution in [0.25, 0.3) is 0 Å². The molecule has 0 aliphatic heterocycles. The number of alkyl carbamates (subject to hydrolysis) is 1. The molecule has 22 heavy (non-hydrogen) atoms. The van der Waals surface area contributed by atoms with Gasteiger partial charge in [-0.25, -0.2) is 4.79 Å². The molecule has 2 unspecified atom stereocenters. The van der Waals surface area contributed by atoms with Crippen molar-refractivity contribution >= 4 is 11.8 Å². The molecule has 0 bridgehead atoms. The third-order valence-corrected chi connectivity index (χ3v) is 3.89. The highest BCUT2D eigenvalue weighted by Gasteiger charge is 2.22. The molecular formula is C18H28N2O2. The maximum Gasteiger partial charge on any atom is 0.407 e. The molecule has 2 rings (SSSR count). The number of anilines is 1. The van der Waals surface area contributed by atoms with E-state index in [2.05, 4.69) is 23.6 Å². The molecule has 1 aliphatic carbocycles. The van der Waals surface area contributed by atoms with Crippen molar-refractivity contribution in [3.63, 3.8) is 0 Å². The highest BCUT2D eigenvalue weighted by molar-refractivity contribution is 5.68. The molecule has 1 aromatic rings. The van der Waals surface area contributed by atoms with Crippen LogP contribution < -0.4 is 10.6 Å². The Balaban J connectivity index is 1.92. The predicted molar refractivity (Wildman–Crippen MR) is 89.9 cm³/mol. The number of nitrogens with one attached hydrogen (secondary N) is 2. The van der Waals surface area contributed by atoms with Crippen LogP contribution in [0.5, 0.6) is 0 Å². The Kier molecular flexibility index (Phi) is 5.33. The second-order valence-electron chi connectivity index (χ2n) is 7.27. The van der Waals surface area contributed by atoms with E-state index >= 15 is 0 Å². The first-order chi connectivity index (χ1) is 10.3. The average Bonchev–Trinajstić information content (AvgIpc) is 2.81. The van der Waals surface area contributed by atoms with E-state index in [1.54, 1.807) is 0 Å². The van der Waals surface area contributed by atoms with Gasteiger partial charge in [0.05, 0.1) is 0 Å². The van der Waals surface area contributed by atoms with E-state index in [0.717, 1.165) is 17.2 Å². The van der Waals surface area contributed by atoms with Crippen LogP contribution in [0.4, 0.5) is 10.5 Å². The summed E-state index contributed by atoms with van der Waals surface area (Å²) in [4.78, 5) is 11.8. The number of rotatable bonds is 4. The van der Waals surface area contributed by atoms with E-state index < -0.39 is 5.60 Å². The van der Waals surface area contributed by atoms with Crippen molar-refractivity contribution < 1.29 is 9.53 Å². The van der Waals surface area contributed by atoms with Gasteiger partial charge in [-0.2, -0.15) is 0 Å². The van der Waals surface area contributed by atoms with Crippen LogP contribution in [-0.2, 0) is 11.3 Å². The predicted octanol–water partition coefficient (Wildman–Crippen LogP) is 4.31. The van der Waals surface area contributed by atoms with Crippen molar-refractivity contribution in [3.8, 4) is 0 Å². The second kappa shape index (κ2) is 7.03. The Bertz CT molecular complexity index is 508. The molecule has 0 spiro atoms. The summed E-state index contributed by atoms with van der Waals surface area (Å²) >= 11 is 0. The summed E-state index contributed by atoms with van der Waals surface area (Å²) in [5, 5.41) is 6.45. The molecule has 1 aliphatic rings. The summed E-state index contributed by atoms with van der Waals surface area (Å²) in [6.45, 7) is 8.37. The molecular weight excluding hydrogens is 276 g/mol. The summed E-state index contributed by atoms with van der Waals surface area (Å²) in [6, 6.07) is 8.68. The van der Waals surface area contributed by atoms with Crippen molar-refractivity contribution in [2.75, 3.05) is 5.32 Å². The molecule has 2 N–H and O–H groups in total. The number of ether oxygens (including phenoxy) is 1. The summed E-state index contributed by atoms with van der Waals surface area (Å²) in [5.41, 5.74) is 1.73. The fourth-order valence-corrected chi connectivity index (χ4v) is 2.85. The van der Waals surface area contributed by atoms with E-state index in [1.165, 1.54) is 19.3 Å². The van der Waals surface area contributed by atoms with Gasteiger partial charge in [0.15, 0.2) is 0 Å². The van der Waals surface area contributed by atoms with E-state index in [-0.39, 0.29) is 6.09 Å². The summed E-state index contributed by atoms with van der Waals surface area (Å²) in [5.74, 6) is 0.796. The van der Waals surface area contributed by atoms with Gasteiger partial charge in [-0.15, -0.1) is 0 Å². The summed E-state index contributed by atoms with van der Waals surface area (Å²) in [7, 11) is 0. The molecule has 4 nitrogen and oxygen atoms in total. The van der Waals surface area contributed by atoms with E-state index in [1.807, 2.05) is 39.0 Å². The van der Waals surface area contributed by atoms with Crippen LogP contribution in [0.15, 0.2) is 24.3 Å². The molecule has 2 atom stereocenters. The molecule has 1 saturated carbocycles. The zero-order chi connectivity index (χ0) is 16.2. The maximum absolute atomic E-state index is 11.8.